The van der Waals surface area contributed by atoms with Crippen molar-refractivity contribution in [2.24, 2.45) is 0 Å². The summed E-state index contributed by atoms with van der Waals surface area (Å²) in [4.78, 5) is 4.83. The molecule has 0 saturated heterocycles. The largest absolute Gasteiger partial charge is 0.321 e. The van der Waals surface area contributed by atoms with Crippen LogP contribution in [0.3, 0.4) is 0 Å². The van der Waals surface area contributed by atoms with Crippen molar-refractivity contribution in [3.63, 3.8) is 0 Å². The molecule has 0 heterocycles. The number of rotatable bonds is 14. The third kappa shape index (κ3) is 14.7. The number of benzene rings is 1. The molecule has 0 amide bonds. The van der Waals surface area contributed by atoms with E-state index in [1.54, 1.807) is 24.3 Å². The second kappa shape index (κ2) is 16.2. The van der Waals surface area contributed by atoms with Gasteiger partial charge in [0.05, 0.1) is 5.75 Å². The highest BCUT2D eigenvalue weighted by atomic mass is 32.2. The van der Waals surface area contributed by atoms with E-state index < -0.39 is 10.1 Å². The van der Waals surface area contributed by atoms with E-state index in [1.165, 1.54) is 44.9 Å². The monoisotopic (exact) mass is 370 g/mol. The van der Waals surface area contributed by atoms with E-state index in [2.05, 4.69) is 24.4 Å². The molecule has 0 aliphatic heterocycles. The molecule has 0 unspecified atom stereocenters. The number of hydrogen-bond acceptors (Lipinski definition) is 4. The van der Waals surface area contributed by atoms with Crippen LogP contribution < -0.4 is 4.89 Å². The predicted octanol–water partition coefficient (Wildman–Crippen LogP) is 6.05. The average Bonchev–Trinajstić information content (AvgIpc) is 2.64. The lowest BCUT2D eigenvalue weighted by Crippen LogP contribution is -2.13. The van der Waals surface area contributed by atoms with E-state index in [9.17, 15) is 8.42 Å². The Kier molecular flexibility index (Phi) is 15.3. The molecule has 0 spiro atoms. The topological polar surface area (TPSA) is 52.6 Å². The molecule has 0 aromatic heterocycles. The molecule has 4 nitrogen and oxygen atoms in total. The summed E-state index contributed by atoms with van der Waals surface area (Å²) in [5, 5.41) is 0. The molecular formula is C20H34O4S. The third-order valence-corrected chi connectivity index (χ3v) is 4.79. The van der Waals surface area contributed by atoms with Gasteiger partial charge in [-0.05, 0) is 18.6 Å². The zero-order valence-corrected chi connectivity index (χ0v) is 16.4. The highest BCUT2D eigenvalue weighted by molar-refractivity contribution is 7.86. The van der Waals surface area contributed by atoms with Crippen LogP contribution in [0.4, 0.5) is 0 Å². The second-order valence-electron chi connectivity index (χ2n) is 5.91. The molecule has 0 saturated carbocycles. The Bertz CT molecular complexity index is 500. The van der Waals surface area contributed by atoms with E-state index in [0.717, 1.165) is 12.8 Å². The van der Waals surface area contributed by atoms with Gasteiger partial charge in [-0.2, -0.15) is 8.42 Å². The molecule has 0 bridgehead atoms. The lowest BCUT2D eigenvalue weighted by Gasteiger charge is -2.05. The van der Waals surface area contributed by atoms with Crippen molar-refractivity contribution in [1.82, 2.24) is 0 Å². The van der Waals surface area contributed by atoms with Crippen LogP contribution in [-0.4, -0.2) is 14.2 Å². The van der Waals surface area contributed by atoms with Crippen molar-refractivity contribution in [1.29, 1.82) is 0 Å². The molecule has 1 aromatic rings. The summed E-state index contributed by atoms with van der Waals surface area (Å²) in [5.74, 6) is 0.398. The van der Waals surface area contributed by atoms with Gasteiger partial charge in [0.2, 0.25) is 0 Å². The zero-order valence-electron chi connectivity index (χ0n) is 15.6. The lowest BCUT2D eigenvalue weighted by atomic mass is 10.1. The Morgan fingerprint density at radius 2 is 1.28 bits per heavy atom. The van der Waals surface area contributed by atoms with Crippen LogP contribution >= 0.6 is 0 Å². The maximum Gasteiger partial charge on any atom is 0.303 e. The minimum atomic E-state index is -3.61. The first kappa shape index (κ1) is 23.7. The Labute approximate surface area is 154 Å². The fraction of sp³-hybridized carbons (Fsp3) is 0.600. The van der Waals surface area contributed by atoms with Crippen LogP contribution in [0.1, 0.15) is 71.1 Å². The lowest BCUT2D eigenvalue weighted by molar-refractivity contribution is -0.0925. The molecule has 0 fully saturated rings. The first-order chi connectivity index (χ1) is 12.1. The van der Waals surface area contributed by atoms with E-state index in [0.29, 0.717) is 12.2 Å². The van der Waals surface area contributed by atoms with Gasteiger partial charge in [-0.1, -0.05) is 87.2 Å². The fourth-order valence-corrected chi connectivity index (χ4v) is 3.18. The Morgan fingerprint density at radius 1 is 0.800 bits per heavy atom. The van der Waals surface area contributed by atoms with Gasteiger partial charge in [0.15, 0.2) is 5.75 Å². The maximum atomic E-state index is 11.7. The molecule has 0 radical (unpaired) electrons. The zero-order chi connectivity index (χ0) is 18.8. The van der Waals surface area contributed by atoms with Crippen molar-refractivity contribution < 1.29 is 17.6 Å². The average molecular weight is 371 g/mol. The van der Waals surface area contributed by atoms with E-state index in [4.69, 9.17) is 4.89 Å². The quantitative estimate of drug-likeness (QED) is 0.173. The highest BCUT2D eigenvalue weighted by Crippen LogP contribution is 2.13. The van der Waals surface area contributed by atoms with Gasteiger partial charge in [-0.15, -0.1) is 13.2 Å². The molecule has 1 rings (SSSR count). The molecule has 0 aliphatic carbocycles. The van der Waals surface area contributed by atoms with Gasteiger partial charge >= 0.3 is 10.1 Å². The molecule has 0 aliphatic rings. The standard InChI is InChI=1S/C18H30O4S.C2H4/c1-2-3-4-5-6-7-8-9-10-14-17-23(19,20)22-21-18-15-12-11-13-16-18;1-2/h11-13,15-16H,2-10,14,17H2,1H3;1-2H2. The van der Waals surface area contributed by atoms with Crippen molar-refractivity contribution >= 4 is 10.1 Å². The van der Waals surface area contributed by atoms with Gasteiger partial charge in [-0.25, -0.2) is 0 Å². The maximum absolute atomic E-state index is 11.7. The smallest absolute Gasteiger partial charge is 0.303 e. The molecule has 0 atom stereocenters. The Hall–Kier alpha value is -1.33. The SMILES string of the molecule is C=C.CCCCCCCCCCCCS(=O)(=O)OOc1ccccc1. The van der Waals surface area contributed by atoms with Crippen molar-refractivity contribution in [3.8, 4) is 5.75 Å². The van der Waals surface area contributed by atoms with Crippen LogP contribution in [0.2, 0.25) is 0 Å². The van der Waals surface area contributed by atoms with Gasteiger partial charge in [0, 0.05) is 0 Å². The van der Waals surface area contributed by atoms with Crippen LogP contribution in [0.15, 0.2) is 43.5 Å². The minimum Gasteiger partial charge on any atom is -0.321 e. The number of unbranched alkanes of at least 4 members (excludes halogenated alkanes) is 9. The summed E-state index contributed by atoms with van der Waals surface area (Å²) >= 11 is 0. The molecule has 5 heteroatoms. The van der Waals surface area contributed by atoms with E-state index in [1.807, 2.05) is 6.07 Å². The first-order valence-corrected chi connectivity index (χ1v) is 10.9. The number of para-hydroxylation sites is 1. The minimum absolute atomic E-state index is 0.0103. The van der Waals surface area contributed by atoms with Gasteiger partial charge in [0.1, 0.15) is 0 Å². The third-order valence-electron chi connectivity index (χ3n) is 3.73. The van der Waals surface area contributed by atoms with Crippen LogP contribution in [0.5, 0.6) is 5.75 Å². The molecule has 144 valence electrons. The van der Waals surface area contributed by atoms with Crippen molar-refractivity contribution in [2.45, 2.75) is 71.1 Å². The van der Waals surface area contributed by atoms with E-state index >= 15 is 0 Å². The summed E-state index contributed by atoms with van der Waals surface area (Å²) in [6.45, 7) is 8.22. The van der Waals surface area contributed by atoms with Crippen LogP contribution in [-0.2, 0) is 14.5 Å². The van der Waals surface area contributed by atoms with Gasteiger partial charge in [0.25, 0.3) is 0 Å². The fourth-order valence-electron chi connectivity index (χ4n) is 2.37. The summed E-state index contributed by atoms with van der Waals surface area (Å²) in [7, 11) is -3.61. The molecule has 25 heavy (non-hydrogen) atoms. The second-order valence-corrected chi connectivity index (χ2v) is 7.57. The van der Waals surface area contributed by atoms with Gasteiger partial charge < -0.3 is 4.89 Å². The summed E-state index contributed by atoms with van der Waals surface area (Å²) < 4.78 is 28.0. The van der Waals surface area contributed by atoms with E-state index in [-0.39, 0.29) is 5.75 Å². The van der Waals surface area contributed by atoms with Crippen LogP contribution in [0, 0.1) is 0 Å². The van der Waals surface area contributed by atoms with Crippen LogP contribution in [0.25, 0.3) is 0 Å². The Balaban J connectivity index is 0.00000277. The summed E-state index contributed by atoms with van der Waals surface area (Å²) in [5.41, 5.74) is 0. The van der Waals surface area contributed by atoms with Crippen molar-refractivity contribution in [2.75, 3.05) is 5.75 Å². The number of hydrogen-bond donors (Lipinski definition) is 0. The molecular weight excluding hydrogens is 336 g/mol. The summed E-state index contributed by atoms with van der Waals surface area (Å²) in [6, 6.07) is 8.64. The summed E-state index contributed by atoms with van der Waals surface area (Å²) in [6.07, 6.45) is 11.7. The molecule has 1 aromatic carbocycles. The predicted molar refractivity (Wildman–Crippen MR) is 105 cm³/mol. The van der Waals surface area contributed by atoms with Gasteiger partial charge in [-0.3, -0.25) is 0 Å². The molecule has 0 N–H and O–H groups in total. The first-order valence-electron chi connectivity index (χ1n) is 9.28. The highest BCUT2D eigenvalue weighted by Gasteiger charge is 2.13. The van der Waals surface area contributed by atoms with Crippen molar-refractivity contribution in [3.05, 3.63) is 43.5 Å². The Morgan fingerprint density at radius 3 is 1.80 bits per heavy atom. The normalized spacial score (nSPS) is 10.8.